The normalized spacial score (nSPS) is 10.6. The first kappa shape index (κ1) is 21.2. The first-order valence-corrected chi connectivity index (χ1v) is 9.65. The minimum absolute atomic E-state index is 0.00637. The third-order valence-corrected chi connectivity index (χ3v) is 4.85. The number of methoxy groups -OCH3 is 1. The highest BCUT2D eigenvalue weighted by molar-refractivity contribution is 7.17. The van der Waals surface area contributed by atoms with Crippen LogP contribution in [0.3, 0.4) is 0 Å². The van der Waals surface area contributed by atoms with E-state index in [-0.39, 0.29) is 44.9 Å². The second-order valence-corrected chi connectivity index (χ2v) is 7.04. The van der Waals surface area contributed by atoms with E-state index in [0.717, 1.165) is 11.3 Å². The van der Waals surface area contributed by atoms with Crippen molar-refractivity contribution in [2.24, 2.45) is 0 Å². The highest BCUT2D eigenvalue weighted by Crippen LogP contribution is 2.35. The molecule has 11 heteroatoms. The lowest BCUT2D eigenvalue weighted by Crippen LogP contribution is -2.14. The Kier molecular flexibility index (Phi) is 6.31. The number of anilines is 1. The summed E-state index contributed by atoms with van der Waals surface area (Å²) in [5, 5.41) is 10.1. The molecule has 1 amide bonds. The molecule has 0 aliphatic heterocycles. The second-order valence-electron chi connectivity index (χ2n) is 6.06. The number of halogens is 1. The van der Waals surface area contributed by atoms with Crippen LogP contribution in [0.5, 0.6) is 5.75 Å². The molecule has 0 bridgehead atoms. The lowest BCUT2D eigenvalue weighted by atomic mass is 9.99. The first-order chi connectivity index (χ1) is 14.3. The summed E-state index contributed by atoms with van der Waals surface area (Å²) in [4.78, 5) is 32.7. The molecule has 156 valence electrons. The summed E-state index contributed by atoms with van der Waals surface area (Å²) in [5.41, 5.74) is 1.23. The molecule has 0 saturated heterocycles. The topological polar surface area (TPSA) is 116 Å². The molecule has 0 aliphatic carbocycles. The zero-order valence-electron chi connectivity index (χ0n) is 16.6. The van der Waals surface area contributed by atoms with Crippen LogP contribution in [-0.2, 0) is 4.74 Å². The van der Waals surface area contributed by atoms with E-state index in [1.165, 1.54) is 26.4 Å². The maximum Gasteiger partial charge on any atom is 0.369 e. The van der Waals surface area contributed by atoms with Crippen LogP contribution in [0.1, 0.15) is 38.5 Å². The fraction of sp³-hybridized carbons (Fsp3) is 0.263. The predicted molar refractivity (Wildman–Crippen MR) is 107 cm³/mol. The number of hydrogen-bond donors (Lipinski definition) is 1. The summed E-state index contributed by atoms with van der Waals surface area (Å²) in [6.07, 6.45) is 2.73. The second kappa shape index (κ2) is 8.91. The number of carbonyl (C=O) groups is 2. The van der Waals surface area contributed by atoms with Crippen molar-refractivity contribution in [3.05, 3.63) is 46.2 Å². The number of amides is 1. The van der Waals surface area contributed by atoms with Gasteiger partial charge in [0.25, 0.3) is 5.91 Å². The fourth-order valence-corrected chi connectivity index (χ4v) is 3.27. The molecule has 0 aromatic carbocycles. The van der Waals surface area contributed by atoms with Crippen LogP contribution in [-0.4, -0.2) is 45.8 Å². The lowest BCUT2D eigenvalue weighted by molar-refractivity contribution is 0.0525. The number of hydrogen-bond acceptors (Lipinski definition) is 9. The van der Waals surface area contributed by atoms with Gasteiger partial charge in [0.05, 0.1) is 36.7 Å². The number of nitrogens with one attached hydrogen (secondary N) is 1. The zero-order valence-corrected chi connectivity index (χ0v) is 17.5. The Morgan fingerprint density at radius 3 is 2.67 bits per heavy atom. The average Bonchev–Trinajstić information content (AvgIpc) is 3.18. The number of esters is 1. The van der Waals surface area contributed by atoms with Gasteiger partial charge in [-0.2, -0.15) is 0 Å². The van der Waals surface area contributed by atoms with E-state index in [1.54, 1.807) is 19.9 Å². The highest BCUT2D eigenvalue weighted by Gasteiger charge is 2.23. The van der Waals surface area contributed by atoms with Crippen molar-refractivity contribution in [2.75, 3.05) is 19.0 Å². The molecule has 3 aromatic rings. The van der Waals surface area contributed by atoms with Crippen molar-refractivity contribution in [3.8, 4) is 16.9 Å². The first-order valence-electron chi connectivity index (χ1n) is 8.83. The SMILES string of the molecule is CCOC(=O)c1nnc(NC(=O)c2cnc(C)cc2-c2c(OC)cnc(C)c2F)s1. The van der Waals surface area contributed by atoms with Gasteiger partial charge < -0.3 is 9.47 Å². The Balaban J connectivity index is 2.00. The number of rotatable bonds is 6. The van der Waals surface area contributed by atoms with Gasteiger partial charge in [-0.05, 0) is 26.8 Å². The van der Waals surface area contributed by atoms with Crippen molar-refractivity contribution in [1.29, 1.82) is 0 Å². The summed E-state index contributed by atoms with van der Waals surface area (Å²) in [7, 11) is 1.39. The van der Waals surface area contributed by atoms with Crippen molar-refractivity contribution in [1.82, 2.24) is 20.2 Å². The average molecular weight is 431 g/mol. The monoisotopic (exact) mass is 431 g/mol. The van der Waals surface area contributed by atoms with E-state index in [2.05, 4.69) is 25.5 Å². The van der Waals surface area contributed by atoms with Gasteiger partial charge in [-0.25, -0.2) is 9.18 Å². The largest absolute Gasteiger partial charge is 0.494 e. The molecule has 1 N–H and O–H groups in total. The minimum Gasteiger partial charge on any atom is -0.494 e. The Morgan fingerprint density at radius 1 is 1.20 bits per heavy atom. The third kappa shape index (κ3) is 4.25. The molecule has 9 nitrogen and oxygen atoms in total. The van der Waals surface area contributed by atoms with Crippen LogP contribution in [0.15, 0.2) is 18.5 Å². The van der Waals surface area contributed by atoms with Gasteiger partial charge in [-0.15, -0.1) is 10.2 Å². The van der Waals surface area contributed by atoms with Gasteiger partial charge >= 0.3 is 5.97 Å². The standard InChI is InChI=1S/C19H18FN5O4S/c1-5-29-18(27)17-24-25-19(30-17)23-16(26)12-7-21-9(2)6-11(12)14-13(28-4)8-22-10(3)15(14)20/h6-8H,5H2,1-4H3,(H,23,25,26). The van der Waals surface area contributed by atoms with Gasteiger partial charge in [-0.3, -0.25) is 20.1 Å². The molecule has 3 rings (SSSR count). The number of pyridine rings is 2. The number of aromatic nitrogens is 4. The van der Waals surface area contributed by atoms with Gasteiger partial charge in [-0.1, -0.05) is 11.3 Å². The molecule has 0 saturated carbocycles. The Labute approximate surface area is 175 Å². The minimum atomic E-state index is -0.632. The summed E-state index contributed by atoms with van der Waals surface area (Å²) in [6, 6.07) is 1.58. The number of ether oxygens (including phenoxy) is 2. The van der Waals surface area contributed by atoms with Crippen LogP contribution in [0.2, 0.25) is 0 Å². The van der Waals surface area contributed by atoms with E-state index in [1.807, 2.05) is 0 Å². The Hall–Kier alpha value is -3.47. The van der Waals surface area contributed by atoms with Crippen LogP contribution < -0.4 is 10.1 Å². The number of aryl methyl sites for hydroxylation is 2. The van der Waals surface area contributed by atoms with Crippen LogP contribution in [0.25, 0.3) is 11.1 Å². The molecule has 30 heavy (non-hydrogen) atoms. The summed E-state index contributed by atoms with van der Waals surface area (Å²) in [6.45, 7) is 5.10. The van der Waals surface area contributed by atoms with Crippen molar-refractivity contribution < 1.29 is 23.5 Å². The molecular formula is C19H18FN5O4S. The molecule has 3 aromatic heterocycles. The molecule has 3 heterocycles. The van der Waals surface area contributed by atoms with Gasteiger partial charge in [0.1, 0.15) is 5.75 Å². The fourth-order valence-electron chi connectivity index (χ4n) is 2.63. The third-order valence-electron chi connectivity index (χ3n) is 4.03. The maximum atomic E-state index is 14.9. The molecule has 0 radical (unpaired) electrons. The Bertz CT molecular complexity index is 1120. The van der Waals surface area contributed by atoms with Crippen molar-refractivity contribution in [2.45, 2.75) is 20.8 Å². The van der Waals surface area contributed by atoms with Gasteiger partial charge in [0, 0.05) is 17.5 Å². The van der Waals surface area contributed by atoms with E-state index in [9.17, 15) is 14.0 Å². The van der Waals surface area contributed by atoms with Crippen LogP contribution in [0.4, 0.5) is 9.52 Å². The molecule has 0 spiro atoms. The molecule has 0 atom stereocenters. The van der Waals surface area contributed by atoms with Crippen LogP contribution >= 0.6 is 11.3 Å². The van der Waals surface area contributed by atoms with E-state index in [4.69, 9.17) is 9.47 Å². The van der Waals surface area contributed by atoms with Crippen molar-refractivity contribution in [3.63, 3.8) is 0 Å². The van der Waals surface area contributed by atoms with E-state index in [0.29, 0.717) is 5.69 Å². The molecular weight excluding hydrogens is 413 g/mol. The predicted octanol–water partition coefficient (Wildman–Crippen LogP) is 3.19. The van der Waals surface area contributed by atoms with E-state index < -0.39 is 17.7 Å². The van der Waals surface area contributed by atoms with E-state index >= 15 is 0 Å². The maximum absolute atomic E-state index is 14.9. The van der Waals surface area contributed by atoms with Crippen LogP contribution in [0, 0.1) is 19.7 Å². The smallest absolute Gasteiger partial charge is 0.369 e. The lowest BCUT2D eigenvalue weighted by Gasteiger charge is -2.14. The quantitative estimate of drug-likeness (QED) is 0.592. The molecule has 0 fully saturated rings. The molecule has 0 aliphatic rings. The van der Waals surface area contributed by atoms with Gasteiger partial charge in [0.15, 0.2) is 5.82 Å². The molecule has 0 unspecified atom stereocenters. The Morgan fingerprint density at radius 2 is 1.97 bits per heavy atom. The summed E-state index contributed by atoms with van der Waals surface area (Å²) >= 11 is 0.864. The highest BCUT2D eigenvalue weighted by atomic mass is 32.1. The number of carbonyl (C=O) groups excluding carboxylic acids is 2. The summed E-state index contributed by atoms with van der Waals surface area (Å²) in [5.74, 6) is -1.65. The zero-order chi connectivity index (χ0) is 21.8. The van der Waals surface area contributed by atoms with Crippen molar-refractivity contribution >= 4 is 28.3 Å². The summed E-state index contributed by atoms with van der Waals surface area (Å²) < 4.78 is 25.0. The number of nitrogens with zero attached hydrogens (tertiary/aromatic N) is 4. The van der Waals surface area contributed by atoms with Gasteiger partial charge in [0.2, 0.25) is 10.1 Å².